The third kappa shape index (κ3) is 3.47. The number of hydrogen-bond donors (Lipinski definition) is 1. The van der Waals surface area contributed by atoms with Crippen molar-refractivity contribution in [3.63, 3.8) is 0 Å². The SMILES string of the molecule is Cc1cc(C(=O)CNC(C)c2ccccc2)c(C)n1C(C)C. The Morgan fingerprint density at radius 2 is 1.77 bits per heavy atom. The first kappa shape index (κ1) is 16.5. The molecule has 0 bridgehead atoms. The van der Waals surface area contributed by atoms with Crippen LogP contribution >= 0.6 is 0 Å². The fourth-order valence-corrected chi connectivity index (χ4v) is 3.05. The van der Waals surface area contributed by atoms with Crippen molar-refractivity contribution in [1.82, 2.24) is 9.88 Å². The minimum atomic E-state index is 0.155. The number of aryl methyl sites for hydroxylation is 1. The summed E-state index contributed by atoms with van der Waals surface area (Å²) in [5.74, 6) is 0.155. The third-order valence-corrected chi connectivity index (χ3v) is 4.17. The highest BCUT2D eigenvalue weighted by Crippen LogP contribution is 2.20. The number of benzene rings is 1. The maximum Gasteiger partial charge on any atom is 0.178 e. The Kier molecular flexibility index (Phi) is 5.19. The first-order valence-electron chi connectivity index (χ1n) is 7.91. The summed E-state index contributed by atoms with van der Waals surface area (Å²) in [6.45, 7) is 10.8. The normalized spacial score (nSPS) is 12.6. The molecule has 1 aromatic carbocycles. The van der Waals surface area contributed by atoms with Crippen molar-refractivity contribution in [3.05, 3.63) is 58.9 Å². The van der Waals surface area contributed by atoms with Gasteiger partial charge in [-0.1, -0.05) is 30.3 Å². The minimum Gasteiger partial charge on any atom is -0.346 e. The predicted octanol–water partition coefficient (Wildman–Crippen LogP) is 4.22. The van der Waals surface area contributed by atoms with Gasteiger partial charge in [-0.25, -0.2) is 0 Å². The molecule has 0 radical (unpaired) electrons. The average molecular weight is 298 g/mol. The zero-order valence-electron chi connectivity index (χ0n) is 14.2. The fourth-order valence-electron chi connectivity index (χ4n) is 3.05. The zero-order valence-corrected chi connectivity index (χ0v) is 14.2. The number of Topliss-reactive ketones (excluding diaryl/α,β-unsaturated/α-hetero) is 1. The first-order valence-corrected chi connectivity index (χ1v) is 7.91. The summed E-state index contributed by atoms with van der Waals surface area (Å²) in [4.78, 5) is 12.5. The lowest BCUT2D eigenvalue weighted by molar-refractivity contribution is 0.0987. The molecule has 1 heterocycles. The fraction of sp³-hybridized carbons (Fsp3) is 0.421. The van der Waals surface area contributed by atoms with Gasteiger partial charge in [-0.3, -0.25) is 4.79 Å². The second kappa shape index (κ2) is 6.93. The molecule has 1 aromatic heterocycles. The van der Waals surface area contributed by atoms with Crippen molar-refractivity contribution in [1.29, 1.82) is 0 Å². The van der Waals surface area contributed by atoms with Crippen LogP contribution in [-0.4, -0.2) is 16.9 Å². The van der Waals surface area contributed by atoms with Crippen LogP contribution in [0.1, 0.15) is 60.2 Å². The van der Waals surface area contributed by atoms with E-state index in [1.54, 1.807) is 0 Å². The maximum atomic E-state index is 12.5. The van der Waals surface area contributed by atoms with Crippen LogP contribution in [0.5, 0.6) is 0 Å². The summed E-state index contributed by atoms with van der Waals surface area (Å²) >= 11 is 0. The lowest BCUT2D eigenvalue weighted by Crippen LogP contribution is -2.26. The van der Waals surface area contributed by atoms with Crippen LogP contribution in [-0.2, 0) is 0 Å². The standard InChI is InChI=1S/C19H26N2O/c1-13(2)21-14(3)11-18(16(21)5)19(22)12-20-15(4)17-9-7-6-8-10-17/h6-11,13,15,20H,12H2,1-5H3. The topological polar surface area (TPSA) is 34.0 Å². The van der Waals surface area contributed by atoms with Crippen LogP contribution in [0, 0.1) is 13.8 Å². The number of ketones is 1. The highest BCUT2D eigenvalue weighted by atomic mass is 16.1. The van der Waals surface area contributed by atoms with Gasteiger partial charge in [0.1, 0.15) is 0 Å². The smallest absolute Gasteiger partial charge is 0.178 e. The van der Waals surface area contributed by atoms with E-state index in [9.17, 15) is 4.79 Å². The van der Waals surface area contributed by atoms with Gasteiger partial charge in [0.15, 0.2) is 5.78 Å². The Morgan fingerprint density at radius 1 is 1.14 bits per heavy atom. The minimum absolute atomic E-state index is 0.155. The molecule has 2 aromatic rings. The van der Waals surface area contributed by atoms with E-state index in [0.29, 0.717) is 12.6 Å². The molecule has 1 atom stereocenters. The van der Waals surface area contributed by atoms with Gasteiger partial charge >= 0.3 is 0 Å². The second-order valence-electron chi connectivity index (χ2n) is 6.19. The van der Waals surface area contributed by atoms with Gasteiger partial charge in [-0.05, 0) is 46.2 Å². The van der Waals surface area contributed by atoms with Crippen LogP contribution < -0.4 is 5.32 Å². The predicted molar refractivity (Wildman–Crippen MR) is 91.5 cm³/mol. The van der Waals surface area contributed by atoms with E-state index in [4.69, 9.17) is 0 Å². The van der Waals surface area contributed by atoms with E-state index in [1.807, 2.05) is 31.2 Å². The number of rotatable bonds is 6. The number of carbonyl (C=O) groups excluding carboxylic acids is 1. The van der Waals surface area contributed by atoms with Crippen molar-refractivity contribution >= 4 is 5.78 Å². The molecule has 0 saturated heterocycles. The number of hydrogen-bond acceptors (Lipinski definition) is 2. The van der Waals surface area contributed by atoms with Gasteiger partial charge in [0.2, 0.25) is 0 Å². The van der Waals surface area contributed by atoms with E-state index in [2.05, 4.69) is 49.7 Å². The molecule has 0 fully saturated rings. The van der Waals surface area contributed by atoms with Gasteiger partial charge in [-0.15, -0.1) is 0 Å². The molecule has 118 valence electrons. The van der Waals surface area contributed by atoms with E-state index in [0.717, 1.165) is 17.0 Å². The molecule has 0 aliphatic carbocycles. The van der Waals surface area contributed by atoms with Crippen molar-refractivity contribution in [2.24, 2.45) is 0 Å². The lowest BCUT2D eigenvalue weighted by atomic mass is 10.1. The molecule has 22 heavy (non-hydrogen) atoms. The molecular weight excluding hydrogens is 272 g/mol. The van der Waals surface area contributed by atoms with Crippen LogP contribution in [0.3, 0.4) is 0 Å². The highest BCUT2D eigenvalue weighted by molar-refractivity contribution is 5.99. The van der Waals surface area contributed by atoms with Crippen LogP contribution in [0.25, 0.3) is 0 Å². The van der Waals surface area contributed by atoms with Gasteiger partial charge in [0, 0.05) is 29.0 Å². The summed E-state index contributed by atoms with van der Waals surface area (Å²) < 4.78 is 2.22. The van der Waals surface area contributed by atoms with Gasteiger partial charge in [0.05, 0.1) is 6.54 Å². The van der Waals surface area contributed by atoms with Crippen molar-refractivity contribution in [2.45, 2.75) is 46.7 Å². The van der Waals surface area contributed by atoms with Gasteiger partial charge in [-0.2, -0.15) is 0 Å². The molecule has 0 saturated carbocycles. The molecule has 0 aliphatic rings. The Balaban J connectivity index is 2.06. The maximum absolute atomic E-state index is 12.5. The molecule has 3 nitrogen and oxygen atoms in total. The van der Waals surface area contributed by atoms with Crippen molar-refractivity contribution < 1.29 is 4.79 Å². The molecule has 0 spiro atoms. The molecule has 1 N–H and O–H groups in total. The average Bonchev–Trinajstić information content (AvgIpc) is 2.80. The van der Waals surface area contributed by atoms with Gasteiger partial charge in [0.25, 0.3) is 0 Å². The third-order valence-electron chi connectivity index (χ3n) is 4.17. The number of nitrogens with zero attached hydrogens (tertiary/aromatic N) is 1. The first-order chi connectivity index (χ1) is 10.4. The zero-order chi connectivity index (χ0) is 16.3. The largest absolute Gasteiger partial charge is 0.346 e. The number of aromatic nitrogens is 1. The lowest BCUT2D eigenvalue weighted by Gasteiger charge is -2.15. The second-order valence-corrected chi connectivity index (χ2v) is 6.19. The van der Waals surface area contributed by atoms with Gasteiger partial charge < -0.3 is 9.88 Å². The summed E-state index contributed by atoms with van der Waals surface area (Å²) in [6.07, 6.45) is 0. The summed E-state index contributed by atoms with van der Waals surface area (Å²) in [7, 11) is 0. The summed E-state index contributed by atoms with van der Waals surface area (Å²) in [5, 5.41) is 3.32. The molecule has 2 rings (SSSR count). The quantitative estimate of drug-likeness (QED) is 0.810. The van der Waals surface area contributed by atoms with Crippen LogP contribution in [0.2, 0.25) is 0 Å². The molecule has 0 amide bonds. The Labute approximate surface area is 133 Å². The summed E-state index contributed by atoms with van der Waals surface area (Å²) in [5.41, 5.74) is 4.24. The number of carbonyl (C=O) groups is 1. The Bertz CT molecular complexity index is 641. The molecule has 3 heteroatoms. The number of nitrogens with one attached hydrogen (secondary N) is 1. The van der Waals surface area contributed by atoms with Crippen LogP contribution in [0.4, 0.5) is 0 Å². The van der Waals surface area contributed by atoms with E-state index in [1.165, 1.54) is 5.56 Å². The highest BCUT2D eigenvalue weighted by Gasteiger charge is 2.17. The molecule has 1 unspecified atom stereocenters. The Hall–Kier alpha value is -1.87. The van der Waals surface area contributed by atoms with Crippen molar-refractivity contribution in [2.75, 3.05) is 6.54 Å². The van der Waals surface area contributed by atoms with Crippen LogP contribution in [0.15, 0.2) is 36.4 Å². The van der Waals surface area contributed by atoms with Crippen molar-refractivity contribution in [3.8, 4) is 0 Å². The monoisotopic (exact) mass is 298 g/mol. The van der Waals surface area contributed by atoms with E-state index < -0.39 is 0 Å². The molecular formula is C19H26N2O. The Morgan fingerprint density at radius 3 is 2.32 bits per heavy atom. The summed E-state index contributed by atoms with van der Waals surface area (Å²) in [6, 6.07) is 12.7. The molecule has 0 aliphatic heterocycles. The van der Waals surface area contributed by atoms with E-state index >= 15 is 0 Å². The van der Waals surface area contributed by atoms with E-state index in [-0.39, 0.29) is 11.8 Å².